The highest BCUT2D eigenvalue weighted by atomic mass is 79.9. The fourth-order valence-electron chi connectivity index (χ4n) is 5.28. The van der Waals surface area contributed by atoms with Gasteiger partial charge < -0.3 is 19.3 Å². The number of benzene rings is 4. The summed E-state index contributed by atoms with van der Waals surface area (Å²) in [5.74, 6) is 1.29. The van der Waals surface area contributed by atoms with Gasteiger partial charge >= 0.3 is 0 Å². The molecule has 0 saturated carbocycles. The summed E-state index contributed by atoms with van der Waals surface area (Å²) < 4.78 is 18.5. The van der Waals surface area contributed by atoms with Crippen molar-refractivity contribution in [2.75, 3.05) is 20.3 Å². The number of hydrogen-bond donors (Lipinski definition) is 3. The second-order valence-corrected chi connectivity index (χ2v) is 11.7. The van der Waals surface area contributed by atoms with E-state index in [0.29, 0.717) is 36.8 Å². The third-order valence-electron chi connectivity index (χ3n) is 7.74. The molecule has 1 amide bonds. The van der Waals surface area contributed by atoms with Crippen LogP contribution in [-0.4, -0.2) is 42.8 Å². The molecule has 0 unspecified atom stereocenters. The van der Waals surface area contributed by atoms with E-state index in [0.717, 1.165) is 32.5 Å². The summed E-state index contributed by atoms with van der Waals surface area (Å²) in [5.41, 5.74) is 17.5. The van der Waals surface area contributed by atoms with Gasteiger partial charge in [-0.1, -0.05) is 69.6 Å². The normalized spacial score (nSPS) is 16.8. The molecular weight excluding hydrogens is 664 g/mol. The Hall–Kier alpha value is -4.87. The Labute approximate surface area is 281 Å². The number of ether oxygens (including phenoxy) is 3. The van der Waals surface area contributed by atoms with Gasteiger partial charge in [-0.15, -0.1) is 0 Å². The van der Waals surface area contributed by atoms with Crippen molar-refractivity contribution in [3.63, 3.8) is 0 Å². The number of methoxy groups -OCH3 is 1. The Morgan fingerprint density at radius 2 is 1.72 bits per heavy atom. The number of carbonyl (C=O) groups is 1. The quantitative estimate of drug-likeness (QED) is 0.0433. The van der Waals surface area contributed by atoms with Crippen LogP contribution in [0.5, 0.6) is 11.5 Å². The van der Waals surface area contributed by atoms with Crippen molar-refractivity contribution < 1.29 is 24.1 Å². The number of halogens is 1. The van der Waals surface area contributed by atoms with Crippen molar-refractivity contribution in [3.8, 4) is 11.5 Å². The van der Waals surface area contributed by atoms with E-state index in [9.17, 15) is 4.79 Å². The molecule has 1 aliphatic heterocycles. The van der Waals surface area contributed by atoms with Crippen LogP contribution in [-0.2, 0) is 29.0 Å². The van der Waals surface area contributed by atoms with E-state index < -0.39 is 17.6 Å². The molecule has 12 heteroatoms. The van der Waals surface area contributed by atoms with Crippen LogP contribution in [0, 0.1) is 0 Å². The maximum Gasteiger partial charge on any atom is 0.266 e. The van der Waals surface area contributed by atoms with Gasteiger partial charge in [0.2, 0.25) is 5.90 Å². The summed E-state index contributed by atoms with van der Waals surface area (Å²) >= 11 is 3.51. The molecule has 0 aliphatic carbocycles. The van der Waals surface area contributed by atoms with Gasteiger partial charge in [0.15, 0.2) is 11.6 Å². The second-order valence-electron chi connectivity index (χ2n) is 10.8. The Morgan fingerprint density at radius 3 is 2.40 bits per heavy atom. The Balaban J connectivity index is 1.54. The zero-order valence-electron chi connectivity index (χ0n) is 25.8. The number of aliphatic imine (C=N–C) groups is 1. The third-order valence-corrected chi connectivity index (χ3v) is 8.27. The summed E-state index contributed by atoms with van der Waals surface area (Å²) in [6, 6.07) is 30.0. The Kier molecular flexibility index (Phi) is 11.5. The van der Waals surface area contributed by atoms with E-state index in [1.807, 2.05) is 84.9 Å². The van der Waals surface area contributed by atoms with Crippen molar-refractivity contribution in [3.05, 3.63) is 140 Å². The molecule has 3 N–H and O–H groups in total. The molecule has 0 radical (unpaired) electrons. The first-order valence-corrected chi connectivity index (χ1v) is 15.8. The molecule has 1 aliphatic rings. The number of carbonyl (C=O) groups excluding carboxylic acids is 1. The van der Waals surface area contributed by atoms with E-state index in [-0.39, 0.29) is 19.6 Å². The molecule has 0 saturated heterocycles. The number of hydrazine groups is 1. The van der Waals surface area contributed by atoms with Gasteiger partial charge in [0.1, 0.15) is 11.5 Å². The number of hydrogen-bond acceptors (Lipinski definition) is 8. The first-order valence-electron chi connectivity index (χ1n) is 15.1. The monoisotopic (exact) mass is 698 g/mol. The van der Waals surface area contributed by atoms with Crippen LogP contribution >= 0.6 is 15.9 Å². The Bertz CT molecular complexity index is 1730. The highest BCUT2D eigenvalue weighted by Crippen LogP contribution is 2.43. The summed E-state index contributed by atoms with van der Waals surface area (Å²) in [6.45, 7) is 0.919. The highest BCUT2D eigenvalue weighted by Gasteiger charge is 2.53. The lowest BCUT2D eigenvalue weighted by Crippen LogP contribution is -2.53. The number of amides is 1. The number of nitrogens with one attached hydrogen (secondary N) is 2. The van der Waals surface area contributed by atoms with Crippen LogP contribution in [0.25, 0.3) is 10.4 Å². The maximum atomic E-state index is 14.5. The van der Waals surface area contributed by atoms with Crippen LogP contribution in [0.2, 0.25) is 0 Å². The summed E-state index contributed by atoms with van der Waals surface area (Å²) in [6.07, 6.45) is -0.119. The lowest BCUT2D eigenvalue weighted by Gasteiger charge is -2.31. The number of nitrogens with zero attached hydrogens (tertiary/aromatic N) is 4. The molecule has 0 aromatic heterocycles. The molecule has 2 atom stereocenters. The Morgan fingerprint density at radius 1 is 1.02 bits per heavy atom. The summed E-state index contributed by atoms with van der Waals surface area (Å²) in [7, 11) is 1.61. The van der Waals surface area contributed by atoms with Gasteiger partial charge in [0.25, 0.3) is 5.91 Å². The molecular formula is C35H35BrN6O5. The number of azide groups is 1. The van der Waals surface area contributed by atoms with Crippen molar-refractivity contribution in [1.82, 2.24) is 10.9 Å². The van der Waals surface area contributed by atoms with Gasteiger partial charge in [0, 0.05) is 40.9 Å². The molecule has 0 spiro atoms. The SMILES string of the molecule is COc1ccc(CNNC(=O)[C@@]2(Cc3ccccc3CN=[N+]=[N-])N=C(c3ccc(OCCCO)cc3)O[C@H]2c2ccc(Br)cc2)cc1. The fourth-order valence-corrected chi connectivity index (χ4v) is 5.54. The largest absolute Gasteiger partial charge is 0.497 e. The van der Waals surface area contributed by atoms with Crippen molar-refractivity contribution in [2.45, 2.75) is 37.6 Å². The number of aliphatic hydroxyl groups excluding tert-OH is 1. The number of aliphatic hydroxyl groups is 1. The van der Waals surface area contributed by atoms with Crippen molar-refractivity contribution >= 4 is 27.7 Å². The van der Waals surface area contributed by atoms with Gasteiger partial charge in [-0.25, -0.2) is 10.4 Å². The first kappa shape index (κ1) is 33.5. The fraction of sp³-hybridized carbons (Fsp3) is 0.257. The molecule has 0 fully saturated rings. The molecule has 47 heavy (non-hydrogen) atoms. The molecule has 242 valence electrons. The van der Waals surface area contributed by atoms with Crippen LogP contribution in [0.15, 0.2) is 112 Å². The summed E-state index contributed by atoms with van der Waals surface area (Å²) in [5, 5.41) is 12.9. The van der Waals surface area contributed by atoms with Gasteiger partial charge in [0.05, 0.1) is 20.3 Å². The highest BCUT2D eigenvalue weighted by molar-refractivity contribution is 9.10. The minimum Gasteiger partial charge on any atom is -0.497 e. The topological polar surface area (TPSA) is 150 Å². The maximum absolute atomic E-state index is 14.5. The molecule has 4 aromatic rings. The van der Waals surface area contributed by atoms with Crippen LogP contribution in [0.1, 0.15) is 40.3 Å². The van der Waals surface area contributed by atoms with E-state index in [1.54, 1.807) is 19.2 Å². The first-order chi connectivity index (χ1) is 23.0. The minimum absolute atomic E-state index is 0.0469. The van der Waals surface area contributed by atoms with E-state index in [2.05, 4.69) is 36.8 Å². The summed E-state index contributed by atoms with van der Waals surface area (Å²) in [4.78, 5) is 22.5. The minimum atomic E-state index is -1.46. The molecule has 4 aromatic carbocycles. The average Bonchev–Trinajstić information content (AvgIpc) is 3.49. The molecule has 11 nitrogen and oxygen atoms in total. The predicted molar refractivity (Wildman–Crippen MR) is 182 cm³/mol. The molecule has 5 rings (SSSR count). The van der Waals surface area contributed by atoms with Gasteiger partial charge in [-0.2, -0.15) is 0 Å². The van der Waals surface area contributed by atoms with Crippen LogP contribution < -0.4 is 20.3 Å². The average molecular weight is 700 g/mol. The van der Waals surface area contributed by atoms with Crippen LogP contribution in [0.3, 0.4) is 0 Å². The molecule has 1 heterocycles. The second kappa shape index (κ2) is 16.1. The standard InChI is InChI=1S/C35H35BrN6O5/c1-45-30-15-7-24(8-16-30)22-38-41-34(44)35(21-27-5-2-3-6-28(27)23-39-42-37)32(25-9-13-29(36)14-10-25)47-33(40-35)26-11-17-31(18-12-26)46-20-4-19-43/h2-3,5-18,32,38,43H,4,19-23H2,1H3,(H,41,44)/t32-,35-/m0/s1. The van der Waals surface area contributed by atoms with Gasteiger partial charge in [-0.05, 0) is 76.3 Å². The molecule has 0 bridgehead atoms. The lowest BCUT2D eigenvalue weighted by molar-refractivity contribution is -0.130. The zero-order valence-corrected chi connectivity index (χ0v) is 27.4. The van der Waals surface area contributed by atoms with Crippen molar-refractivity contribution in [2.24, 2.45) is 10.1 Å². The lowest BCUT2D eigenvalue weighted by atomic mass is 9.81. The van der Waals surface area contributed by atoms with E-state index in [4.69, 9.17) is 29.8 Å². The van der Waals surface area contributed by atoms with E-state index >= 15 is 0 Å². The van der Waals surface area contributed by atoms with Crippen LogP contribution in [0.4, 0.5) is 0 Å². The zero-order chi connectivity index (χ0) is 33.1. The third kappa shape index (κ3) is 8.30. The smallest absolute Gasteiger partial charge is 0.266 e. The van der Waals surface area contributed by atoms with Gasteiger partial charge in [-0.3, -0.25) is 10.2 Å². The van der Waals surface area contributed by atoms with E-state index in [1.165, 1.54) is 0 Å². The number of rotatable bonds is 15. The van der Waals surface area contributed by atoms with Crippen molar-refractivity contribution in [1.29, 1.82) is 0 Å². The predicted octanol–water partition coefficient (Wildman–Crippen LogP) is 6.35.